The van der Waals surface area contributed by atoms with Crippen molar-refractivity contribution in [1.82, 2.24) is 0 Å². The SMILES string of the molecule is O=CN(C(=O)Nc1ccc2c(c1)OCCO2)c1ccc(C(F)(F)F)cc1. The van der Waals surface area contributed by atoms with Gasteiger partial charge < -0.3 is 14.8 Å². The number of rotatable bonds is 3. The Hall–Kier alpha value is -3.23. The van der Waals surface area contributed by atoms with Crippen molar-refractivity contribution in [1.29, 1.82) is 0 Å². The Morgan fingerprint density at radius 2 is 1.69 bits per heavy atom. The minimum Gasteiger partial charge on any atom is -0.486 e. The van der Waals surface area contributed by atoms with E-state index in [1.807, 2.05) is 0 Å². The van der Waals surface area contributed by atoms with Gasteiger partial charge in [0.25, 0.3) is 0 Å². The number of carbonyl (C=O) groups is 2. The van der Waals surface area contributed by atoms with E-state index in [-0.39, 0.29) is 12.1 Å². The van der Waals surface area contributed by atoms with Gasteiger partial charge in [0, 0.05) is 11.8 Å². The number of amides is 3. The molecule has 1 N–H and O–H groups in total. The molecule has 1 heterocycles. The molecule has 0 aliphatic carbocycles. The average Bonchev–Trinajstić information content (AvgIpc) is 2.62. The van der Waals surface area contributed by atoms with E-state index >= 15 is 0 Å². The summed E-state index contributed by atoms with van der Waals surface area (Å²) in [6.07, 6.45) is -4.28. The van der Waals surface area contributed by atoms with Gasteiger partial charge in [0.2, 0.25) is 6.41 Å². The number of ether oxygens (including phenoxy) is 2. The predicted octanol–water partition coefficient (Wildman–Crippen LogP) is 3.67. The van der Waals surface area contributed by atoms with Gasteiger partial charge in [0.05, 0.1) is 11.3 Å². The molecule has 1 aliphatic rings. The van der Waals surface area contributed by atoms with Crippen LogP contribution >= 0.6 is 0 Å². The summed E-state index contributed by atoms with van der Waals surface area (Å²) >= 11 is 0. The average molecular weight is 366 g/mol. The highest BCUT2D eigenvalue weighted by molar-refractivity contribution is 6.12. The number of carbonyl (C=O) groups excluding carboxylic acids is 2. The zero-order chi connectivity index (χ0) is 18.7. The van der Waals surface area contributed by atoms with E-state index in [0.29, 0.717) is 35.3 Å². The fourth-order valence-corrected chi connectivity index (χ4v) is 2.34. The molecule has 0 saturated carbocycles. The summed E-state index contributed by atoms with van der Waals surface area (Å²) in [4.78, 5) is 24.2. The number of imide groups is 1. The fourth-order valence-electron chi connectivity index (χ4n) is 2.34. The molecule has 26 heavy (non-hydrogen) atoms. The third-order valence-electron chi connectivity index (χ3n) is 3.59. The van der Waals surface area contributed by atoms with Crippen LogP contribution in [-0.2, 0) is 11.0 Å². The van der Waals surface area contributed by atoms with Gasteiger partial charge in [-0.1, -0.05) is 0 Å². The number of benzene rings is 2. The van der Waals surface area contributed by atoms with E-state index in [4.69, 9.17) is 9.47 Å². The molecule has 2 aromatic carbocycles. The molecular formula is C17H13F3N2O4. The molecule has 0 bridgehead atoms. The highest BCUT2D eigenvalue weighted by atomic mass is 19.4. The molecule has 6 nitrogen and oxygen atoms in total. The van der Waals surface area contributed by atoms with Gasteiger partial charge in [-0.15, -0.1) is 0 Å². The summed E-state index contributed by atoms with van der Waals surface area (Å²) in [7, 11) is 0. The number of alkyl halides is 3. The van der Waals surface area contributed by atoms with Gasteiger partial charge in [-0.25, -0.2) is 9.69 Å². The Morgan fingerprint density at radius 1 is 1.04 bits per heavy atom. The number of halogens is 3. The number of hydrogen-bond donors (Lipinski definition) is 1. The summed E-state index contributed by atoms with van der Waals surface area (Å²) in [6.45, 7) is 0.794. The maximum absolute atomic E-state index is 12.6. The second-order valence-corrected chi connectivity index (χ2v) is 5.31. The predicted molar refractivity (Wildman–Crippen MR) is 86.4 cm³/mol. The van der Waals surface area contributed by atoms with Crippen molar-refractivity contribution in [3.05, 3.63) is 48.0 Å². The topological polar surface area (TPSA) is 67.9 Å². The molecule has 0 aromatic heterocycles. The number of nitrogens with one attached hydrogen (secondary N) is 1. The van der Waals surface area contributed by atoms with Crippen LogP contribution in [-0.4, -0.2) is 25.7 Å². The van der Waals surface area contributed by atoms with E-state index in [1.54, 1.807) is 12.1 Å². The minimum absolute atomic E-state index is 0.00282. The second kappa shape index (κ2) is 6.95. The van der Waals surface area contributed by atoms with E-state index in [2.05, 4.69) is 5.32 Å². The Bertz CT molecular complexity index is 822. The Kier molecular flexibility index (Phi) is 4.70. The zero-order valence-electron chi connectivity index (χ0n) is 13.2. The van der Waals surface area contributed by atoms with Crippen LogP contribution < -0.4 is 19.7 Å². The molecule has 0 atom stereocenters. The summed E-state index contributed by atoms with van der Waals surface area (Å²) < 4.78 is 48.6. The summed E-state index contributed by atoms with van der Waals surface area (Å²) in [5, 5.41) is 2.48. The van der Waals surface area contributed by atoms with Crippen LogP contribution in [0, 0.1) is 0 Å². The van der Waals surface area contributed by atoms with Crippen LogP contribution in [0.5, 0.6) is 11.5 Å². The molecule has 0 saturated heterocycles. The lowest BCUT2D eigenvalue weighted by molar-refractivity contribution is -0.137. The molecule has 2 aromatic rings. The fraction of sp³-hybridized carbons (Fsp3) is 0.176. The molecular weight excluding hydrogens is 353 g/mol. The van der Waals surface area contributed by atoms with Crippen LogP contribution in [0.4, 0.5) is 29.3 Å². The van der Waals surface area contributed by atoms with Gasteiger partial charge in [-0.3, -0.25) is 4.79 Å². The molecule has 136 valence electrons. The lowest BCUT2D eigenvalue weighted by atomic mass is 10.2. The number of urea groups is 1. The van der Waals surface area contributed by atoms with Crippen molar-refractivity contribution in [2.24, 2.45) is 0 Å². The molecule has 0 spiro atoms. The minimum atomic E-state index is -4.50. The molecule has 1 aliphatic heterocycles. The normalized spacial score (nSPS) is 13.0. The summed E-state index contributed by atoms with van der Waals surface area (Å²) in [6, 6.07) is 7.54. The van der Waals surface area contributed by atoms with Gasteiger partial charge in [0.15, 0.2) is 11.5 Å². The third-order valence-corrected chi connectivity index (χ3v) is 3.59. The van der Waals surface area contributed by atoms with Crippen molar-refractivity contribution in [2.45, 2.75) is 6.18 Å². The molecule has 0 fully saturated rings. The lowest BCUT2D eigenvalue weighted by Crippen LogP contribution is -2.33. The van der Waals surface area contributed by atoms with Gasteiger partial charge >= 0.3 is 12.2 Å². The second-order valence-electron chi connectivity index (χ2n) is 5.31. The first kappa shape index (κ1) is 17.6. The highest BCUT2D eigenvalue weighted by Crippen LogP contribution is 2.33. The standard InChI is InChI=1S/C17H13F3N2O4/c18-17(19,20)11-1-4-13(5-2-11)22(10-23)16(24)21-12-3-6-14-15(9-12)26-8-7-25-14/h1-6,9-10H,7-8H2,(H,21,24). The van der Waals surface area contributed by atoms with Crippen LogP contribution in [0.3, 0.4) is 0 Å². The third kappa shape index (κ3) is 3.71. The van der Waals surface area contributed by atoms with E-state index < -0.39 is 17.8 Å². The highest BCUT2D eigenvalue weighted by Gasteiger charge is 2.30. The van der Waals surface area contributed by atoms with Crippen LogP contribution in [0.15, 0.2) is 42.5 Å². The quantitative estimate of drug-likeness (QED) is 0.842. The van der Waals surface area contributed by atoms with Crippen molar-refractivity contribution in [3.8, 4) is 11.5 Å². The molecule has 3 amide bonds. The van der Waals surface area contributed by atoms with Crippen molar-refractivity contribution in [3.63, 3.8) is 0 Å². The Morgan fingerprint density at radius 3 is 2.31 bits per heavy atom. The van der Waals surface area contributed by atoms with Gasteiger partial charge in [0.1, 0.15) is 13.2 Å². The van der Waals surface area contributed by atoms with E-state index in [0.717, 1.165) is 24.3 Å². The van der Waals surface area contributed by atoms with Gasteiger partial charge in [-0.2, -0.15) is 13.2 Å². The molecule has 9 heteroatoms. The van der Waals surface area contributed by atoms with E-state index in [1.165, 1.54) is 6.07 Å². The largest absolute Gasteiger partial charge is 0.486 e. The lowest BCUT2D eigenvalue weighted by Gasteiger charge is -2.20. The Labute approximate surface area is 146 Å². The molecule has 0 unspecified atom stereocenters. The van der Waals surface area contributed by atoms with Crippen LogP contribution in [0.2, 0.25) is 0 Å². The molecule has 0 radical (unpaired) electrons. The Balaban J connectivity index is 1.76. The van der Waals surface area contributed by atoms with Crippen molar-refractivity contribution < 1.29 is 32.2 Å². The first-order chi connectivity index (χ1) is 12.4. The van der Waals surface area contributed by atoms with Crippen molar-refractivity contribution in [2.75, 3.05) is 23.4 Å². The van der Waals surface area contributed by atoms with Crippen LogP contribution in [0.25, 0.3) is 0 Å². The first-order valence-corrected chi connectivity index (χ1v) is 7.51. The number of fused-ring (bicyclic) bond motifs is 1. The van der Waals surface area contributed by atoms with Crippen molar-refractivity contribution >= 4 is 23.8 Å². The number of nitrogens with zero attached hydrogens (tertiary/aromatic N) is 1. The monoisotopic (exact) mass is 366 g/mol. The molecule has 3 rings (SSSR count). The maximum Gasteiger partial charge on any atom is 0.416 e. The smallest absolute Gasteiger partial charge is 0.416 e. The summed E-state index contributed by atoms with van der Waals surface area (Å²) in [5.74, 6) is 0.977. The van der Waals surface area contributed by atoms with Gasteiger partial charge in [-0.05, 0) is 36.4 Å². The van der Waals surface area contributed by atoms with Crippen LogP contribution in [0.1, 0.15) is 5.56 Å². The maximum atomic E-state index is 12.6. The first-order valence-electron chi connectivity index (χ1n) is 7.51. The number of anilines is 2. The number of hydrogen-bond acceptors (Lipinski definition) is 4. The zero-order valence-corrected chi connectivity index (χ0v) is 13.2. The summed E-state index contributed by atoms with van der Waals surface area (Å²) in [5.41, 5.74) is -0.527. The van der Waals surface area contributed by atoms with E-state index in [9.17, 15) is 22.8 Å².